The zero-order valence-electron chi connectivity index (χ0n) is 42.2. The molecule has 8 rings (SSSR count). The SMILES string of the molecule is COC1C(OC2CCC(O)C(C)O2)C(C)C(CC(=O)OO)OC1C(C)C1OC2(CCC(C)(C3CCC(C)(C4OC(C5OC(C)(O)C(C)CC5C)CC4OC4CCC(O)C(C)O4)O3)O2)CC(O)C1C. The largest absolute Gasteiger partial charge is 0.393 e. The maximum absolute atomic E-state index is 12.5. The van der Waals surface area contributed by atoms with Crippen molar-refractivity contribution in [2.75, 3.05) is 7.11 Å². The van der Waals surface area contributed by atoms with E-state index in [1.807, 2.05) is 34.6 Å². The second-order valence-corrected chi connectivity index (χ2v) is 22.9. The molecule has 26 unspecified atom stereocenters. The number of hydrogen-bond acceptors (Lipinski definition) is 18. The van der Waals surface area contributed by atoms with Gasteiger partial charge in [0.05, 0.1) is 97.0 Å². The summed E-state index contributed by atoms with van der Waals surface area (Å²) in [5.41, 5.74) is -1.58. The van der Waals surface area contributed by atoms with E-state index in [9.17, 15) is 30.5 Å². The predicted molar refractivity (Wildman–Crippen MR) is 240 cm³/mol. The molecule has 8 aliphatic heterocycles. The van der Waals surface area contributed by atoms with E-state index in [4.69, 9.17) is 52.1 Å². The van der Waals surface area contributed by atoms with Gasteiger partial charge in [-0.15, -0.1) is 0 Å². The van der Waals surface area contributed by atoms with Gasteiger partial charge in [-0.1, -0.05) is 34.6 Å². The first-order valence-corrected chi connectivity index (χ1v) is 25.8. The van der Waals surface area contributed by atoms with Crippen LogP contribution >= 0.6 is 0 Å². The average molecular weight is 973 g/mol. The average Bonchev–Trinajstić information content (AvgIpc) is 4.00. The van der Waals surface area contributed by atoms with Crippen LogP contribution in [0.4, 0.5) is 0 Å². The highest BCUT2D eigenvalue weighted by Crippen LogP contribution is 2.54. The van der Waals surface area contributed by atoms with Gasteiger partial charge >= 0.3 is 5.97 Å². The molecule has 8 saturated heterocycles. The molecule has 26 atom stereocenters. The molecule has 0 aromatic heterocycles. The lowest BCUT2D eigenvalue weighted by molar-refractivity contribution is -0.344. The van der Waals surface area contributed by atoms with Crippen LogP contribution in [0.15, 0.2) is 0 Å². The zero-order valence-corrected chi connectivity index (χ0v) is 42.2. The van der Waals surface area contributed by atoms with Crippen molar-refractivity contribution in [1.82, 2.24) is 0 Å². The minimum atomic E-state index is -1.29. The maximum atomic E-state index is 12.5. The lowest BCUT2D eigenvalue weighted by atomic mass is 9.76. The monoisotopic (exact) mass is 973 g/mol. The Morgan fingerprint density at radius 3 is 2.01 bits per heavy atom. The van der Waals surface area contributed by atoms with Gasteiger partial charge in [0, 0.05) is 62.9 Å². The molecule has 8 fully saturated rings. The Kier molecular flexibility index (Phi) is 16.1. The van der Waals surface area contributed by atoms with Crippen LogP contribution in [0, 0.1) is 29.6 Å². The van der Waals surface area contributed by atoms with Crippen molar-refractivity contribution >= 4 is 5.97 Å². The molecule has 0 saturated carbocycles. The van der Waals surface area contributed by atoms with Crippen LogP contribution in [0.1, 0.15) is 146 Å². The van der Waals surface area contributed by atoms with Gasteiger partial charge in [0.15, 0.2) is 24.2 Å². The second kappa shape index (κ2) is 20.6. The number of ether oxygens (including phenoxy) is 11. The van der Waals surface area contributed by atoms with Gasteiger partial charge in [0.2, 0.25) is 0 Å². The van der Waals surface area contributed by atoms with Crippen LogP contribution in [0.25, 0.3) is 0 Å². The molecule has 0 aromatic rings. The highest BCUT2D eigenvalue weighted by Gasteiger charge is 2.63. The fourth-order valence-corrected chi connectivity index (χ4v) is 13.1. The molecule has 0 radical (unpaired) electrons. The number of aliphatic hydroxyl groups excluding tert-OH is 3. The Morgan fingerprint density at radius 2 is 1.38 bits per heavy atom. The number of methoxy groups -OCH3 is 1. The summed E-state index contributed by atoms with van der Waals surface area (Å²) in [6.07, 6.45) is -3.27. The van der Waals surface area contributed by atoms with Crippen LogP contribution in [0.3, 0.4) is 0 Å². The van der Waals surface area contributed by atoms with E-state index >= 15 is 0 Å². The van der Waals surface area contributed by atoms with Crippen molar-refractivity contribution in [1.29, 1.82) is 0 Å². The zero-order chi connectivity index (χ0) is 49.2. The molecule has 8 aliphatic rings. The number of carbonyl (C=O) groups excluding carboxylic acids is 1. The first-order valence-electron chi connectivity index (χ1n) is 25.8. The third kappa shape index (κ3) is 10.6. The quantitative estimate of drug-likeness (QED) is 0.129. The molecule has 0 aromatic carbocycles. The Bertz CT molecular complexity index is 1710. The Hall–Kier alpha value is -1.17. The molecule has 18 heteroatoms. The molecule has 392 valence electrons. The van der Waals surface area contributed by atoms with Crippen molar-refractivity contribution in [3.8, 4) is 0 Å². The molecule has 0 bridgehead atoms. The minimum absolute atomic E-state index is 0.0388. The second-order valence-electron chi connectivity index (χ2n) is 22.9. The number of aliphatic hydroxyl groups is 4. The van der Waals surface area contributed by atoms with E-state index in [-0.39, 0.29) is 55.0 Å². The standard InChI is InChI=1S/C50H84O18/c1-24-20-25(2)49(10,55)65-41(24)35-21-36(60-39-14-12-31(51)29(6)58-39)46(62-35)48(9)17-16-37(64-48)47(8)18-19-50(68-47)23-33(53)26(3)42(66-50)28(5)44-45(57-11)43(27(4)34(61-44)22-38(54)67-56)63-40-15-13-32(52)30(7)59-40/h24-37,39-46,51-53,55-56H,12-23H2,1-11H3. The third-order valence-corrected chi connectivity index (χ3v) is 17.8. The van der Waals surface area contributed by atoms with E-state index in [1.54, 1.807) is 21.0 Å². The van der Waals surface area contributed by atoms with E-state index < -0.39 is 120 Å². The summed E-state index contributed by atoms with van der Waals surface area (Å²) in [7, 11) is 1.59. The Morgan fingerprint density at radius 1 is 0.721 bits per heavy atom. The Balaban J connectivity index is 0.985. The fraction of sp³-hybridized carbons (Fsp3) is 0.980. The molecule has 68 heavy (non-hydrogen) atoms. The van der Waals surface area contributed by atoms with Gasteiger partial charge in [-0.3, -0.25) is 0 Å². The van der Waals surface area contributed by atoms with E-state index in [2.05, 4.69) is 25.7 Å². The molecular weight excluding hydrogens is 889 g/mol. The van der Waals surface area contributed by atoms with Gasteiger partial charge in [-0.25, -0.2) is 4.79 Å². The van der Waals surface area contributed by atoms with E-state index in [0.29, 0.717) is 57.8 Å². The molecule has 1 spiro atoms. The van der Waals surface area contributed by atoms with Crippen molar-refractivity contribution in [3.63, 3.8) is 0 Å². The smallest absolute Gasteiger partial charge is 0.344 e. The molecule has 0 aliphatic carbocycles. The van der Waals surface area contributed by atoms with Crippen LogP contribution in [0.2, 0.25) is 0 Å². The van der Waals surface area contributed by atoms with Crippen molar-refractivity contribution in [2.45, 2.75) is 273 Å². The number of rotatable bonds is 12. The summed E-state index contributed by atoms with van der Waals surface area (Å²) in [4.78, 5) is 16.6. The van der Waals surface area contributed by atoms with Gasteiger partial charge < -0.3 is 77.4 Å². The molecular formula is C50H84O18. The number of carbonyl (C=O) groups is 1. The molecule has 18 nitrogen and oxygen atoms in total. The topological polar surface area (TPSA) is 229 Å². The highest BCUT2D eigenvalue weighted by molar-refractivity contribution is 5.69. The van der Waals surface area contributed by atoms with Crippen LogP contribution in [-0.2, 0) is 61.8 Å². The van der Waals surface area contributed by atoms with Gasteiger partial charge in [-0.2, -0.15) is 5.26 Å². The Labute approximate surface area is 402 Å². The summed E-state index contributed by atoms with van der Waals surface area (Å²) in [6.45, 7) is 19.5. The van der Waals surface area contributed by atoms with Crippen molar-refractivity contribution in [3.05, 3.63) is 0 Å². The lowest BCUT2D eigenvalue weighted by Crippen LogP contribution is -2.62. The third-order valence-electron chi connectivity index (χ3n) is 17.8. The first-order chi connectivity index (χ1) is 32.0. The lowest BCUT2D eigenvalue weighted by Gasteiger charge is -2.52. The van der Waals surface area contributed by atoms with Crippen LogP contribution in [-0.4, -0.2) is 166 Å². The van der Waals surface area contributed by atoms with Gasteiger partial charge in [-0.05, 0) is 79.1 Å². The first kappa shape index (κ1) is 53.1. The fourth-order valence-electron chi connectivity index (χ4n) is 13.1. The van der Waals surface area contributed by atoms with Crippen LogP contribution in [0.5, 0.6) is 0 Å². The van der Waals surface area contributed by atoms with Gasteiger partial charge in [0.1, 0.15) is 12.2 Å². The highest BCUT2D eigenvalue weighted by atomic mass is 17.1. The molecule has 5 N–H and O–H groups in total. The normalized spacial score (nSPS) is 54.0. The summed E-state index contributed by atoms with van der Waals surface area (Å²) >= 11 is 0. The molecule has 0 amide bonds. The summed E-state index contributed by atoms with van der Waals surface area (Å²) in [5, 5.41) is 53.1. The van der Waals surface area contributed by atoms with Crippen LogP contribution < -0.4 is 0 Å². The maximum Gasteiger partial charge on any atom is 0.344 e. The predicted octanol–water partition coefficient (Wildman–Crippen LogP) is 4.91. The number of hydrogen-bond donors (Lipinski definition) is 5. The van der Waals surface area contributed by atoms with E-state index in [1.165, 1.54) is 0 Å². The van der Waals surface area contributed by atoms with E-state index in [0.717, 1.165) is 6.42 Å². The van der Waals surface area contributed by atoms with Crippen molar-refractivity contribution < 1.29 is 87.5 Å². The van der Waals surface area contributed by atoms with Gasteiger partial charge in [0.25, 0.3) is 0 Å². The summed E-state index contributed by atoms with van der Waals surface area (Å²) in [6, 6.07) is 0. The minimum Gasteiger partial charge on any atom is -0.393 e. The molecule has 8 heterocycles. The summed E-state index contributed by atoms with van der Waals surface area (Å²) in [5.74, 6) is -4.34. The summed E-state index contributed by atoms with van der Waals surface area (Å²) < 4.78 is 73.4. The van der Waals surface area contributed by atoms with Crippen molar-refractivity contribution in [2.24, 2.45) is 29.6 Å².